The Balaban J connectivity index is 2.67. The van der Waals surface area contributed by atoms with Gasteiger partial charge in [0.25, 0.3) is 0 Å². The number of rotatable bonds is 4. The van der Waals surface area contributed by atoms with Gasteiger partial charge in [-0.25, -0.2) is 9.79 Å². The van der Waals surface area contributed by atoms with Crippen LogP contribution >= 0.6 is 11.8 Å². The highest BCUT2D eigenvalue weighted by Gasteiger charge is 2.17. The monoisotopic (exact) mass is 355 g/mol. The van der Waals surface area contributed by atoms with E-state index < -0.39 is 5.97 Å². The predicted octanol–water partition coefficient (Wildman–Crippen LogP) is 3.57. The average Bonchev–Trinajstić information content (AvgIpc) is 2.66. The minimum Gasteiger partial charge on any atom is -0.497 e. The lowest BCUT2D eigenvalue weighted by atomic mass is 9.97. The zero-order chi connectivity index (χ0) is 18.2. The molecule has 0 amide bonds. The molecule has 0 spiro atoms. The van der Waals surface area contributed by atoms with Crippen molar-refractivity contribution in [2.24, 2.45) is 4.99 Å². The molecule has 2 aromatic rings. The molecule has 0 aromatic heterocycles. The van der Waals surface area contributed by atoms with Crippen LogP contribution in [0.25, 0.3) is 11.1 Å². The Bertz CT molecular complexity index is 826. The number of nitrogens with zero attached hydrogens (tertiary/aromatic N) is 2. The standard InChI is InChI=1S/C18H17N3O3S/c1-23-13-9-7-12(8-10-13)16-14(17(22)24-2)5-4-6-15(16)21-18(25-3)20-11-19/h4-10H,1-3H3,(H,20,21). The second-order valence-electron chi connectivity index (χ2n) is 4.78. The number of carbonyl (C=O) groups excluding carboxylic acids is 1. The molecule has 0 saturated heterocycles. The summed E-state index contributed by atoms with van der Waals surface area (Å²) in [7, 11) is 2.92. The predicted molar refractivity (Wildman–Crippen MR) is 99.1 cm³/mol. The summed E-state index contributed by atoms with van der Waals surface area (Å²) in [6.07, 6.45) is 3.66. The minimum atomic E-state index is -0.457. The summed E-state index contributed by atoms with van der Waals surface area (Å²) in [6, 6.07) is 12.5. The summed E-state index contributed by atoms with van der Waals surface area (Å²) in [5, 5.41) is 11.8. The Labute approximate surface area is 150 Å². The van der Waals surface area contributed by atoms with Gasteiger partial charge in [0.2, 0.25) is 0 Å². The van der Waals surface area contributed by atoms with E-state index in [4.69, 9.17) is 14.7 Å². The quantitative estimate of drug-likeness (QED) is 0.297. The molecule has 2 rings (SSSR count). The largest absolute Gasteiger partial charge is 0.497 e. The van der Waals surface area contributed by atoms with Crippen molar-refractivity contribution in [3.8, 4) is 23.1 Å². The molecule has 0 atom stereocenters. The molecule has 128 valence electrons. The summed E-state index contributed by atoms with van der Waals surface area (Å²) < 4.78 is 10.1. The van der Waals surface area contributed by atoms with E-state index in [1.165, 1.54) is 18.9 Å². The van der Waals surface area contributed by atoms with Gasteiger partial charge in [-0.05, 0) is 36.1 Å². The van der Waals surface area contributed by atoms with E-state index in [-0.39, 0.29) is 0 Å². The lowest BCUT2D eigenvalue weighted by Crippen LogP contribution is -2.12. The van der Waals surface area contributed by atoms with Gasteiger partial charge >= 0.3 is 5.97 Å². The highest BCUT2D eigenvalue weighted by Crippen LogP contribution is 2.35. The lowest BCUT2D eigenvalue weighted by molar-refractivity contribution is 0.0601. The SMILES string of the molecule is COC(=O)c1cccc(N=C(NC#N)SC)c1-c1ccc(OC)cc1. The maximum Gasteiger partial charge on any atom is 0.338 e. The van der Waals surface area contributed by atoms with E-state index in [9.17, 15) is 4.79 Å². The first-order chi connectivity index (χ1) is 12.1. The van der Waals surface area contributed by atoms with Gasteiger partial charge in [0.1, 0.15) is 5.75 Å². The molecule has 7 heteroatoms. The van der Waals surface area contributed by atoms with Crippen molar-refractivity contribution in [2.75, 3.05) is 20.5 Å². The van der Waals surface area contributed by atoms with E-state index in [0.717, 1.165) is 5.56 Å². The van der Waals surface area contributed by atoms with E-state index in [0.29, 0.717) is 27.7 Å². The van der Waals surface area contributed by atoms with Crippen LogP contribution in [0.2, 0.25) is 0 Å². The fourth-order valence-corrected chi connectivity index (χ4v) is 2.59. The normalized spacial score (nSPS) is 10.7. The van der Waals surface area contributed by atoms with Gasteiger partial charge in [0.15, 0.2) is 11.4 Å². The van der Waals surface area contributed by atoms with E-state index >= 15 is 0 Å². The van der Waals surface area contributed by atoms with Crippen LogP contribution in [0.5, 0.6) is 5.75 Å². The summed E-state index contributed by atoms with van der Waals surface area (Å²) in [5.41, 5.74) is 2.37. The number of nitrogens with one attached hydrogen (secondary N) is 1. The third kappa shape index (κ3) is 4.31. The maximum atomic E-state index is 12.2. The van der Waals surface area contributed by atoms with Crippen LogP contribution in [0.1, 0.15) is 10.4 Å². The molecule has 1 N–H and O–H groups in total. The summed E-state index contributed by atoms with van der Waals surface area (Å²) in [5.74, 6) is 0.252. The number of aliphatic imine (C=N–C) groups is 1. The average molecular weight is 355 g/mol. The summed E-state index contributed by atoms with van der Waals surface area (Å²) in [6.45, 7) is 0. The van der Waals surface area contributed by atoms with Crippen molar-refractivity contribution in [1.82, 2.24) is 5.32 Å². The smallest absolute Gasteiger partial charge is 0.338 e. The second kappa shape index (κ2) is 8.76. The number of hydrogen-bond donors (Lipinski definition) is 1. The highest BCUT2D eigenvalue weighted by atomic mass is 32.2. The van der Waals surface area contributed by atoms with E-state index in [1.807, 2.05) is 18.3 Å². The number of esters is 1. The number of hydrogen-bond acceptors (Lipinski definition) is 6. The van der Waals surface area contributed by atoms with Crippen molar-refractivity contribution in [3.63, 3.8) is 0 Å². The molecule has 0 heterocycles. The molecule has 0 aliphatic heterocycles. The number of benzene rings is 2. The Morgan fingerprint density at radius 2 is 1.92 bits per heavy atom. The van der Waals surface area contributed by atoms with E-state index in [2.05, 4.69) is 10.3 Å². The lowest BCUT2D eigenvalue weighted by Gasteiger charge is -2.12. The molecular formula is C18H17N3O3S. The molecule has 0 aliphatic rings. The van der Waals surface area contributed by atoms with Gasteiger partial charge in [-0.15, -0.1) is 0 Å². The Morgan fingerprint density at radius 3 is 2.48 bits per heavy atom. The molecule has 0 radical (unpaired) electrons. The number of nitriles is 1. The van der Waals surface area contributed by atoms with Gasteiger partial charge in [0, 0.05) is 5.56 Å². The molecule has 0 fully saturated rings. The minimum absolute atomic E-state index is 0.395. The molecular weight excluding hydrogens is 338 g/mol. The van der Waals surface area contributed by atoms with Crippen molar-refractivity contribution < 1.29 is 14.3 Å². The first-order valence-electron chi connectivity index (χ1n) is 7.28. The first-order valence-corrected chi connectivity index (χ1v) is 8.50. The number of methoxy groups -OCH3 is 2. The molecule has 0 aliphatic carbocycles. The van der Waals surface area contributed by atoms with Crippen LogP contribution in [0.15, 0.2) is 47.5 Å². The highest BCUT2D eigenvalue weighted by molar-refractivity contribution is 8.13. The fourth-order valence-electron chi connectivity index (χ4n) is 2.26. The van der Waals surface area contributed by atoms with Crippen LogP contribution in [0, 0.1) is 11.5 Å². The summed E-state index contributed by atoms with van der Waals surface area (Å²) in [4.78, 5) is 16.7. The van der Waals surface area contributed by atoms with Gasteiger partial charge in [-0.2, -0.15) is 5.26 Å². The third-order valence-electron chi connectivity index (χ3n) is 3.40. The Morgan fingerprint density at radius 1 is 1.20 bits per heavy atom. The van der Waals surface area contributed by atoms with Gasteiger partial charge < -0.3 is 9.47 Å². The first kappa shape index (κ1) is 18.4. The fraction of sp³-hybridized carbons (Fsp3) is 0.167. The Kier molecular flexibility index (Phi) is 6.43. The van der Waals surface area contributed by atoms with Gasteiger partial charge in [-0.1, -0.05) is 30.0 Å². The third-order valence-corrected chi connectivity index (χ3v) is 3.98. The molecule has 0 unspecified atom stereocenters. The second-order valence-corrected chi connectivity index (χ2v) is 5.57. The maximum absolute atomic E-state index is 12.2. The zero-order valence-electron chi connectivity index (χ0n) is 14.1. The van der Waals surface area contributed by atoms with Gasteiger partial charge in [0.05, 0.1) is 25.5 Å². The van der Waals surface area contributed by atoms with Crippen molar-refractivity contribution >= 4 is 28.6 Å². The molecule has 25 heavy (non-hydrogen) atoms. The summed E-state index contributed by atoms with van der Waals surface area (Å²) >= 11 is 1.30. The van der Waals surface area contributed by atoms with Crippen LogP contribution in [0.4, 0.5) is 5.69 Å². The molecule has 6 nitrogen and oxygen atoms in total. The van der Waals surface area contributed by atoms with Crippen LogP contribution in [0.3, 0.4) is 0 Å². The van der Waals surface area contributed by atoms with Crippen LogP contribution in [-0.4, -0.2) is 31.6 Å². The van der Waals surface area contributed by atoms with Crippen molar-refractivity contribution in [2.45, 2.75) is 0 Å². The molecule has 0 bridgehead atoms. The molecule has 2 aromatic carbocycles. The number of ether oxygens (including phenoxy) is 2. The van der Waals surface area contributed by atoms with E-state index in [1.54, 1.807) is 43.7 Å². The number of carbonyl (C=O) groups is 1. The number of amidine groups is 1. The number of thioether (sulfide) groups is 1. The zero-order valence-corrected chi connectivity index (χ0v) is 14.9. The van der Waals surface area contributed by atoms with Crippen LogP contribution < -0.4 is 10.1 Å². The van der Waals surface area contributed by atoms with Crippen molar-refractivity contribution in [1.29, 1.82) is 5.26 Å². The molecule has 0 saturated carbocycles. The topological polar surface area (TPSA) is 83.7 Å². The van der Waals surface area contributed by atoms with Crippen LogP contribution in [-0.2, 0) is 4.74 Å². The van der Waals surface area contributed by atoms with Gasteiger partial charge in [-0.3, -0.25) is 5.32 Å². The Hall–Kier alpha value is -2.98. The van der Waals surface area contributed by atoms with Crippen molar-refractivity contribution in [3.05, 3.63) is 48.0 Å².